The van der Waals surface area contributed by atoms with Crippen molar-refractivity contribution in [1.29, 1.82) is 0 Å². The van der Waals surface area contributed by atoms with Crippen LogP contribution in [0.25, 0.3) is 0 Å². The molecule has 2 unspecified atom stereocenters. The van der Waals surface area contributed by atoms with Crippen LogP contribution in [0.4, 0.5) is 4.39 Å². The zero-order chi connectivity index (χ0) is 19.7. The average Bonchev–Trinajstić information content (AvgIpc) is 3.40. The molecule has 0 amide bonds. The maximum Gasteiger partial charge on any atom is 0.338 e. The number of hydrogen-bond donors (Lipinski definition) is 1. The minimum absolute atomic E-state index is 0.183. The summed E-state index contributed by atoms with van der Waals surface area (Å²) in [4.78, 5) is 21.7. The number of nitrogens with one attached hydrogen (secondary N) is 1. The molecule has 1 fully saturated rings. The molecule has 1 N–H and O–H groups in total. The Kier molecular flexibility index (Phi) is 5.43. The van der Waals surface area contributed by atoms with Crippen LogP contribution in [0.2, 0.25) is 5.02 Å². The fraction of sp³-hybridized carbons (Fsp3) is 0.316. The van der Waals surface area contributed by atoms with Gasteiger partial charge in [0, 0.05) is 28.8 Å². The highest BCUT2D eigenvalue weighted by Crippen LogP contribution is 2.38. The van der Waals surface area contributed by atoms with E-state index in [0.717, 1.165) is 12.8 Å². The summed E-state index contributed by atoms with van der Waals surface area (Å²) < 4.78 is 24.4. The van der Waals surface area contributed by atoms with Crippen molar-refractivity contribution in [2.75, 3.05) is 13.7 Å². The van der Waals surface area contributed by atoms with Crippen molar-refractivity contribution in [2.24, 2.45) is 4.99 Å². The van der Waals surface area contributed by atoms with Crippen LogP contribution in [0, 0.1) is 5.82 Å². The number of ether oxygens (including phenoxy) is 2. The van der Waals surface area contributed by atoms with E-state index in [1.165, 1.54) is 36.6 Å². The molecule has 3 heterocycles. The van der Waals surface area contributed by atoms with Crippen LogP contribution in [0.3, 0.4) is 0 Å². The molecule has 0 aliphatic carbocycles. The van der Waals surface area contributed by atoms with Crippen LogP contribution < -0.4 is 5.32 Å². The minimum Gasteiger partial charge on any atom is -0.466 e. The number of carbonyl (C=O) groups is 1. The van der Waals surface area contributed by atoms with E-state index < -0.39 is 17.8 Å². The first-order chi connectivity index (χ1) is 13.6. The standard InChI is InChI=1S/C19H17ClFN3O3S/c1-26-19(25)14-15(11-5-4-10(21)9-12(11)20)23-17(18-22-6-8-28-18)24-16(14)13-3-2-7-27-13/h4-6,8-9,13,15H,2-3,7H2,1H3,(H,23,24). The van der Waals surface area contributed by atoms with Gasteiger partial charge in [-0.2, -0.15) is 0 Å². The van der Waals surface area contributed by atoms with Gasteiger partial charge in [-0.1, -0.05) is 17.7 Å². The quantitative estimate of drug-likeness (QED) is 0.763. The van der Waals surface area contributed by atoms with Crippen molar-refractivity contribution < 1.29 is 18.7 Å². The van der Waals surface area contributed by atoms with Gasteiger partial charge in [-0.05, 0) is 25.0 Å². The third-order valence-electron chi connectivity index (χ3n) is 4.62. The summed E-state index contributed by atoms with van der Waals surface area (Å²) in [7, 11) is 1.31. The van der Waals surface area contributed by atoms with Gasteiger partial charge < -0.3 is 14.8 Å². The molecule has 1 aromatic heterocycles. The number of aliphatic imine (C=N–C) groups is 1. The van der Waals surface area contributed by atoms with Crippen molar-refractivity contribution in [3.8, 4) is 0 Å². The predicted molar refractivity (Wildman–Crippen MR) is 104 cm³/mol. The van der Waals surface area contributed by atoms with E-state index in [1.54, 1.807) is 6.20 Å². The number of methoxy groups -OCH3 is 1. The Morgan fingerprint density at radius 2 is 2.32 bits per heavy atom. The molecular formula is C19H17ClFN3O3S. The first-order valence-electron chi connectivity index (χ1n) is 8.72. The van der Waals surface area contributed by atoms with Crippen molar-refractivity contribution >= 4 is 34.7 Å². The maximum absolute atomic E-state index is 13.6. The Balaban J connectivity index is 1.89. The minimum atomic E-state index is -0.764. The van der Waals surface area contributed by atoms with Crippen molar-refractivity contribution in [1.82, 2.24) is 10.3 Å². The van der Waals surface area contributed by atoms with E-state index in [4.69, 9.17) is 21.1 Å². The van der Waals surface area contributed by atoms with Gasteiger partial charge >= 0.3 is 5.97 Å². The van der Waals surface area contributed by atoms with E-state index in [2.05, 4.69) is 15.3 Å². The molecule has 2 aliphatic rings. The van der Waals surface area contributed by atoms with Crippen LogP contribution in [0.1, 0.15) is 29.5 Å². The SMILES string of the molecule is COC(=O)C1=C(C2CCCO2)NC(c2nccs2)=NC1c1ccc(F)cc1Cl. The van der Waals surface area contributed by atoms with Crippen LogP contribution >= 0.6 is 22.9 Å². The van der Waals surface area contributed by atoms with Gasteiger partial charge in [0.15, 0.2) is 10.8 Å². The zero-order valence-electron chi connectivity index (χ0n) is 14.9. The fourth-order valence-corrected chi connectivity index (χ4v) is 4.21. The number of aromatic nitrogens is 1. The highest BCUT2D eigenvalue weighted by molar-refractivity contribution is 7.11. The molecule has 0 radical (unpaired) electrons. The number of halogens is 2. The van der Waals surface area contributed by atoms with Crippen molar-refractivity contribution in [2.45, 2.75) is 25.0 Å². The van der Waals surface area contributed by atoms with E-state index in [0.29, 0.717) is 34.3 Å². The van der Waals surface area contributed by atoms with Crippen LogP contribution in [0.5, 0.6) is 0 Å². The Labute approximate surface area is 170 Å². The summed E-state index contributed by atoms with van der Waals surface area (Å²) in [6.07, 6.45) is 3.03. The van der Waals surface area contributed by atoms with Crippen LogP contribution in [0.15, 0.2) is 46.0 Å². The number of nitrogens with zero attached hydrogens (tertiary/aromatic N) is 2. The van der Waals surface area contributed by atoms with Gasteiger partial charge in [0.25, 0.3) is 0 Å². The van der Waals surface area contributed by atoms with E-state index in [9.17, 15) is 9.18 Å². The number of amidine groups is 1. The second-order valence-electron chi connectivity index (χ2n) is 6.33. The molecule has 2 aliphatic heterocycles. The summed E-state index contributed by atoms with van der Waals surface area (Å²) in [6.45, 7) is 0.607. The lowest BCUT2D eigenvalue weighted by Crippen LogP contribution is -2.38. The lowest BCUT2D eigenvalue weighted by Gasteiger charge is -2.29. The van der Waals surface area contributed by atoms with Gasteiger partial charge in [-0.15, -0.1) is 11.3 Å². The summed E-state index contributed by atoms with van der Waals surface area (Å²) in [5.74, 6) is -0.487. The third-order valence-corrected chi connectivity index (χ3v) is 5.73. The monoisotopic (exact) mass is 421 g/mol. The van der Waals surface area contributed by atoms with E-state index >= 15 is 0 Å². The Morgan fingerprint density at radius 3 is 2.96 bits per heavy atom. The Hall–Kier alpha value is -2.29. The van der Waals surface area contributed by atoms with Crippen LogP contribution in [-0.2, 0) is 14.3 Å². The second-order valence-corrected chi connectivity index (χ2v) is 7.63. The highest BCUT2D eigenvalue weighted by atomic mass is 35.5. The fourth-order valence-electron chi connectivity index (χ4n) is 3.36. The topological polar surface area (TPSA) is 72.8 Å². The molecular weight excluding hydrogens is 405 g/mol. The summed E-state index contributed by atoms with van der Waals surface area (Å²) in [5.41, 5.74) is 1.41. The molecule has 146 valence electrons. The van der Waals surface area contributed by atoms with Gasteiger partial charge in [-0.25, -0.2) is 14.2 Å². The molecule has 2 atom stereocenters. The smallest absolute Gasteiger partial charge is 0.338 e. The average molecular weight is 422 g/mol. The molecule has 1 aromatic carbocycles. The molecule has 28 heavy (non-hydrogen) atoms. The Morgan fingerprint density at radius 1 is 1.46 bits per heavy atom. The molecule has 9 heteroatoms. The van der Waals surface area contributed by atoms with Crippen molar-refractivity contribution in [3.05, 3.63) is 62.5 Å². The molecule has 4 rings (SSSR count). The number of benzene rings is 1. The van der Waals surface area contributed by atoms with Gasteiger partial charge in [0.1, 0.15) is 11.9 Å². The molecule has 6 nitrogen and oxygen atoms in total. The normalized spacial score (nSPS) is 22.0. The zero-order valence-corrected chi connectivity index (χ0v) is 16.5. The number of esters is 1. The van der Waals surface area contributed by atoms with Crippen molar-refractivity contribution in [3.63, 3.8) is 0 Å². The summed E-state index contributed by atoms with van der Waals surface area (Å²) in [6, 6.07) is 3.27. The van der Waals surface area contributed by atoms with E-state index in [-0.39, 0.29) is 11.1 Å². The molecule has 2 aromatic rings. The van der Waals surface area contributed by atoms with Crippen LogP contribution in [-0.4, -0.2) is 36.6 Å². The highest BCUT2D eigenvalue weighted by Gasteiger charge is 2.37. The summed E-state index contributed by atoms with van der Waals surface area (Å²) >= 11 is 7.72. The molecule has 0 bridgehead atoms. The van der Waals surface area contributed by atoms with E-state index in [1.807, 2.05) is 5.38 Å². The first kappa shape index (κ1) is 19.0. The lowest BCUT2D eigenvalue weighted by atomic mass is 9.93. The predicted octanol–water partition coefficient (Wildman–Crippen LogP) is 3.63. The number of rotatable bonds is 4. The van der Waals surface area contributed by atoms with Gasteiger partial charge in [0.05, 0.1) is 24.5 Å². The Bertz CT molecular complexity index is 955. The summed E-state index contributed by atoms with van der Waals surface area (Å²) in [5, 5.41) is 5.92. The first-order valence-corrected chi connectivity index (χ1v) is 9.98. The van der Waals surface area contributed by atoms with Gasteiger partial charge in [-0.3, -0.25) is 4.99 Å². The third kappa shape index (κ3) is 3.55. The number of thiazole rings is 1. The largest absolute Gasteiger partial charge is 0.466 e. The van der Waals surface area contributed by atoms with Gasteiger partial charge in [0.2, 0.25) is 0 Å². The molecule has 0 saturated carbocycles. The second kappa shape index (κ2) is 7.98. The number of hydrogen-bond acceptors (Lipinski definition) is 7. The number of carbonyl (C=O) groups excluding carboxylic acids is 1. The molecule has 0 spiro atoms. The maximum atomic E-state index is 13.6. The molecule has 1 saturated heterocycles. The lowest BCUT2D eigenvalue weighted by molar-refractivity contribution is -0.136.